The summed E-state index contributed by atoms with van der Waals surface area (Å²) in [6.07, 6.45) is 0. The van der Waals surface area contributed by atoms with E-state index in [1.54, 1.807) is 19.1 Å². The number of amides is 1. The van der Waals surface area contributed by atoms with Gasteiger partial charge in [0.25, 0.3) is 0 Å². The van der Waals surface area contributed by atoms with Gasteiger partial charge in [0, 0.05) is 12.1 Å². The van der Waals surface area contributed by atoms with E-state index in [2.05, 4.69) is 10.4 Å². The normalized spacial score (nSPS) is 10.7. The fourth-order valence-corrected chi connectivity index (χ4v) is 2.32. The van der Waals surface area contributed by atoms with E-state index >= 15 is 0 Å². The zero-order valence-electron chi connectivity index (χ0n) is 13.8. The standard InChI is InChI=1S/C18H15F2N3O3/c1-11-8-12(2-7-15(11)20)9-21-16(24)10-23-18(25)26-17(22-23)13-3-5-14(19)6-4-13/h2-8H,9-10H2,1H3,(H,21,24). The molecule has 0 radical (unpaired) electrons. The average molecular weight is 359 g/mol. The summed E-state index contributed by atoms with van der Waals surface area (Å²) in [6, 6.07) is 9.79. The van der Waals surface area contributed by atoms with Crippen molar-refractivity contribution in [1.82, 2.24) is 15.1 Å². The van der Waals surface area contributed by atoms with Gasteiger partial charge in [-0.2, -0.15) is 4.68 Å². The molecule has 0 spiro atoms. The fourth-order valence-electron chi connectivity index (χ4n) is 2.32. The van der Waals surface area contributed by atoms with Gasteiger partial charge in [-0.1, -0.05) is 12.1 Å². The SMILES string of the molecule is Cc1cc(CNC(=O)Cn2nc(-c3ccc(F)cc3)oc2=O)ccc1F. The number of benzene rings is 2. The second-order valence-electron chi connectivity index (χ2n) is 5.70. The highest BCUT2D eigenvalue weighted by Crippen LogP contribution is 2.15. The molecule has 26 heavy (non-hydrogen) atoms. The van der Waals surface area contributed by atoms with E-state index < -0.39 is 17.5 Å². The van der Waals surface area contributed by atoms with Crippen LogP contribution in [0.5, 0.6) is 0 Å². The Bertz CT molecular complexity index is 994. The molecule has 3 aromatic rings. The van der Waals surface area contributed by atoms with Gasteiger partial charge in [0.1, 0.15) is 18.2 Å². The van der Waals surface area contributed by atoms with Gasteiger partial charge in [-0.05, 0) is 48.4 Å². The summed E-state index contributed by atoms with van der Waals surface area (Å²) < 4.78 is 32.0. The minimum absolute atomic E-state index is 0.00282. The van der Waals surface area contributed by atoms with E-state index in [1.807, 2.05) is 0 Å². The first-order chi connectivity index (χ1) is 12.4. The van der Waals surface area contributed by atoms with Crippen molar-refractivity contribution < 1.29 is 18.0 Å². The van der Waals surface area contributed by atoms with Crippen molar-refractivity contribution >= 4 is 5.91 Å². The zero-order chi connectivity index (χ0) is 18.7. The molecule has 134 valence electrons. The molecule has 0 saturated heterocycles. The molecule has 0 fully saturated rings. The summed E-state index contributed by atoms with van der Waals surface area (Å²) in [4.78, 5) is 23.8. The Morgan fingerprint density at radius 2 is 1.92 bits per heavy atom. The van der Waals surface area contributed by atoms with Crippen LogP contribution in [-0.4, -0.2) is 15.7 Å². The van der Waals surface area contributed by atoms with Crippen molar-refractivity contribution in [2.45, 2.75) is 20.0 Å². The van der Waals surface area contributed by atoms with Crippen LogP contribution in [0.15, 0.2) is 51.7 Å². The van der Waals surface area contributed by atoms with Gasteiger partial charge < -0.3 is 9.73 Å². The molecule has 1 N–H and O–H groups in total. The van der Waals surface area contributed by atoms with Crippen LogP contribution in [0.1, 0.15) is 11.1 Å². The molecule has 0 atom stereocenters. The zero-order valence-corrected chi connectivity index (χ0v) is 13.8. The van der Waals surface area contributed by atoms with Crippen LogP contribution in [0.2, 0.25) is 0 Å². The van der Waals surface area contributed by atoms with Gasteiger partial charge in [0.05, 0.1) is 0 Å². The molecule has 1 heterocycles. The topological polar surface area (TPSA) is 77.1 Å². The van der Waals surface area contributed by atoms with Crippen LogP contribution < -0.4 is 11.1 Å². The largest absolute Gasteiger partial charge is 0.437 e. The first-order valence-corrected chi connectivity index (χ1v) is 7.78. The van der Waals surface area contributed by atoms with E-state index in [1.165, 1.54) is 30.3 Å². The van der Waals surface area contributed by atoms with E-state index in [4.69, 9.17) is 4.42 Å². The molecule has 0 aliphatic carbocycles. The van der Waals surface area contributed by atoms with Gasteiger partial charge in [-0.15, -0.1) is 5.10 Å². The number of nitrogens with zero attached hydrogens (tertiary/aromatic N) is 2. The van der Waals surface area contributed by atoms with Crippen LogP contribution in [-0.2, 0) is 17.9 Å². The first-order valence-electron chi connectivity index (χ1n) is 7.78. The summed E-state index contributed by atoms with van der Waals surface area (Å²) >= 11 is 0. The predicted octanol–water partition coefficient (Wildman–Crippen LogP) is 2.41. The molecule has 2 aromatic carbocycles. The number of carbonyl (C=O) groups is 1. The Kier molecular flexibility index (Phi) is 4.92. The molecule has 1 amide bonds. The Hall–Kier alpha value is -3.29. The van der Waals surface area contributed by atoms with E-state index in [9.17, 15) is 18.4 Å². The number of aromatic nitrogens is 2. The van der Waals surface area contributed by atoms with Gasteiger partial charge in [0.2, 0.25) is 11.8 Å². The van der Waals surface area contributed by atoms with Crippen molar-refractivity contribution in [2.24, 2.45) is 0 Å². The summed E-state index contributed by atoms with van der Waals surface area (Å²) in [6.45, 7) is 1.49. The molecule has 0 aliphatic heterocycles. The van der Waals surface area contributed by atoms with E-state index in [0.717, 1.165) is 10.2 Å². The minimum atomic E-state index is -0.794. The number of rotatable bonds is 5. The number of aryl methyl sites for hydroxylation is 1. The Morgan fingerprint density at radius 3 is 2.62 bits per heavy atom. The number of carbonyl (C=O) groups excluding carboxylic acids is 1. The third-order valence-electron chi connectivity index (χ3n) is 3.70. The maximum Gasteiger partial charge on any atom is 0.437 e. The molecular formula is C18H15F2N3O3. The number of halogens is 2. The van der Waals surface area contributed by atoms with Crippen LogP contribution in [0.3, 0.4) is 0 Å². The molecule has 0 bridgehead atoms. The summed E-state index contributed by atoms with van der Waals surface area (Å²) in [5, 5.41) is 6.56. The lowest BCUT2D eigenvalue weighted by Gasteiger charge is -2.06. The van der Waals surface area contributed by atoms with Crippen molar-refractivity contribution in [2.75, 3.05) is 0 Å². The summed E-state index contributed by atoms with van der Waals surface area (Å²) in [7, 11) is 0. The smallest absolute Gasteiger partial charge is 0.388 e. The number of hydrogen-bond acceptors (Lipinski definition) is 4. The van der Waals surface area contributed by atoms with E-state index in [-0.39, 0.29) is 24.8 Å². The molecule has 0 unspecified atom stereocenters. The maximum absolute atomic E-state index is 13.2. The second kappa shape index (κ2) is 7.30. The third-order valence-corrected chi connectivity index (χ3v) is 3.70. The minimum Gasteiger partial charge on any atom is -0.388 e. The predicted molar refractivity (Wildman–Crippen MR) is 89.1 cm³/mol. The Morgan fingerprint density at radius 1 is 1.19 bits per heavy atom. The van der Waals surface area contributed by atoms with Gasteiger partial charge in [-0.3, -0.25) is 4.79 Å². The quantitative estimate of drug-likeness (QED) is 0.759. The van der Waals surface area contributed by atoms with Gasteiger partial charge >= 0.3 is 5.76 Å². The molecule has 8 heteroatoms. The molecular weight excluding hydrogens is 344 g/mol. The summed E-state index contributed by atoms with van der Waals surface area (Å²) in [5.41, 5.74) is 1.63. The molecule has 0 aliphatic rings. The fraction of sp³-hybridized carbons (Fsp3) is 0.167. The molecule has 6 nitrogen and oxygen atoms in total. The third kappa shape index (κ3) is 4.02. The van der Waals surface area contributed by atoms with Crippen LogP contribution in [0.25, 0.3) is 11.5 Å². The molecule has 3 rings (SSSR count). The van der Waals surface area contributed by atoms with Crippen molar-refractivity contribution in [3.63, 3.8) is 0 Å². The second-order valence-corrected chi connectivity index (χ2v) is 5.70. The van der Waals surface area contributed by atoms with E-state index in [0.29, 0.717) is 11.1 Å². The summed E-state index contributed by atoms with van der Waals surface area (Å²) in [5.74, 6) is -1.99. The van der Waals surface area contributed by atoms with Crippen molar-refractivity contribution in [3.05, 3.63) is 75.8 Å². The molecule has 0 saturated carbocycles. The Balaban J connectivity index is 1.65. The highest BCUT2D eigenvalue weighted by molar-refractivity contribution is 5.75. The lowest BCUT2D eigenvalue weighted by atomic mass is 10.1. The number of hydrogen-bond donors (Lipinski definition) is 1. The monoisotopic (exact) mass is 359 g/mol. The van der Waals surface area contributed by atoms with Crippen LogP contribution in [0, 0.1) is 18.6 Å². The van der Waals surface area contributed by atoms with Crippen LogP contribution >= 0.6 is 0 Å². The maximum atomic E-state index is 13.2. The lowest BCUT2D eigenvalue weighted by molar-refractivity contribution is -0.122. The van der Waals surface area contributed by atoms with Gasteiger partial charge in [-0.25, -0.2) is 13.6 Å². The lowest BCUT2D eigenvalue weighted by Crippen LogP contribution is -2.31. The van der Waals surface area contributed by atoms with Crippen molar-refractivity contribution in [3.8, 4) is 11.5 Å². The average Bonchev–Trinajstić information content (AvgIpc) is 2.97. The molecule has 1 aromatic heterocycles. The highest BCUT2D eigenvalue weighted by atomic mass is 19.1. The highest BCUT2D eigenvalue weighted by Gasteiger charge is 2.13. The first kappa shape index (κ1) is 17.5. The van der Waals surface area contributed by atoms with Crippen molar-refractivity contribution in [1.29, 1.82) is 0 Å². The van der Waals surface area contributed by atoms with Gasteiger partial charge in [0.15, 0.2) is 0 Å². The van der Waals surface area contributed by atoms with Crippen LogP contribution in [0.4, 0.5) is 8.78 Å². The Labute approximate surface area is 147 Å². The number of nitrogens with one attached hydrogen (secondary N) is 1.